The molecule has 0 radical (unpaired) electrons. The molecule has 4 aromatic rings. The number of nitrogens with zero attached hydrogens (tertiary/aromatic N) is 1. The number of halogens is 1. The molecular weight excluding hydrogens is 469 g/mol. The minimum atomic E-state index is -3.88. The fourth-order valence-corrected chi connectivity index (χ4v) is 5.13. The number of fused-ring (bicyclic) bond motifs is 2. The van der Waals surface area contributed by atoms with Crippen molar-refractivity contribution in [2.45, 2.75) is 4.90 Å². The van der Waals surface area contributed by atoms with Crippen LogP contribution < -0.4 is 19.5 Å². The Hall–Kier alpha value is -3.70. The van der Waals surface area contributed by atoms with Crippen LogP contribution in [0.4, 0.5) is 15.2 Å². The van der Waals surface area contributed by atoms with E-state index < -0.39 is 15.8 Å². The molecule has 1 aliphatic rings. The van der Waals surface area contributed by atoms with Crippen molar-refractivity contribution in [2.75, 3.05) is 23.3 Å². The minimum Gasteiger partial charge on any atom is -0.486 e. The smallest absolute Gasteiger partial charge is 0.261 e. The number of carbonyl (C=O) groups excluding carboxylic acids is 1. The fraction of sp³-hybridized carbons (Fsp3) is 0.0909. The molecule has 0 saturated heterocycles. The lowest BCUT2D eigenvalue weighted by atomic mass is 10.2. The summed E-state index contributed by atoms with van der Waals surface area (Å²) >= 11 is 1.31. The SMILES string of the molecule is O=C(Nc1nc2cc3c(cc2s1)OCCO3)c1ccc(NS(=O)(=O)c2ccc(F)cc2)cc1. The standard InChI is InChI=1S/C22H16FN3O5S2/c23-14-3-7-16(8-4-14)33(28,29)26-15-5-1-13(2-6-15)21(27)25-22-24-17-11-18-19(12-20(17)32-22)31-10-9-30-18/h1-8,11-12,26H,9-10H2,(H,24,25,27). The second-order valence-corrected chi connectivity index (χ2v) is 9.79. The summed E-state index contributed by atoms with van der Waals surface area (Å²) in [7, 11) is -3.88. The second-order valence-electron chi connectivity index (χ2n) is 7.07. The van der Waals surface area contributed by atoms with Gasteiger partial charge in [0.25, 0.3) is 15.9 Å². The molecule has 33 heavy (non-hydrogen) atoms. The fourth-order valence-electron chi connectivity index (χ4n) is 3.21. The monoisotopic (exact) mass is 485 g/mol. The molecule has 11 heteroatoms. The van der Waals surface area contributed by atoms with Crippen LogP contribution in [0.25, 0.3) is 10.2 Å². The van der Waals surface area contributed by atoms with E-state index in [2.05, 4.69) is 15.0 Å². The molecule has 0 spiro atoms. The van der Waals surface area contributed by atoms with Crippen LogP contribution in [0, 0.1) is 5.82 Å². The van der Waals surface area contributed by atoms with Crippen molar-refractivity contribution in [3.8, 4) is 11.5 Å². The molecule has 0 aliphatic carbocycles. The molecule has 3 aromatic carbocycles. The summed E-state index contributed by atoms with van der Waals surface area (Å²) < 4.78 is 52.2. The first-order valence-corrected chi connectivity index (χ1v) is 12.1. The minimum absolute atomic E-state index is 0.0703. The number of rotatable bonds is 5. The van der Waals surface area contributed by atoms with E-state index in [1.807, 2.05) is 6.07 Å². The Balaban J connectivity index is 1.29. The largest absolute Gasteiger partial charge is 0.486 e. The third-order valence-electron chi connectivity index (χ3n) is 4.80. The average Bonchev–Trinajstić information content (AvgIpc) is 3.18. The van der Waals surface area contributed by atoms with Gasteiger partial charge in [0.1, 0.15) is 19.0 Å². The summed E-state index contributed by atoms with van der Waals surface area (Å²) in [6.45, 7) is 0.958. The molecule has 1 aromatic heterocycles. The number of hydrogen-bond acceptors (Lipinski definition) is 7. The number of carbonyl (C=O) groups is 1. The Bertz CT molecular complexity index is 1410. The van der Waals surface area contributed by atoms with E-state index in [0.717, 1.165) is 16.8 Å². The van der Waals surface area contributed by atoms with E-state index in [0.29, 0.717) is 40.9 Å². The summed E-state index contributed by atoms with van der Waals surface area (Å²) in [6, 6.07) is 14.0. The van der Waals surface area contributed by atoms with Crippen LogP contribution in [-0.2, 0) is 10.0 Å². The molecule has 1 aliphatic heterocycles. The van der Waals surface area contributed by atoms with Crippen molar-refractivity contribution in [3.63, 3.8) is 0 Å². The summed E-state index contributed by atoms with van der Waals surface area (Å²) in [4.78, 5) is 17.0. The number of nitrogens with one attached hydrogen (secondary N) is 2. The van der Waals surface area contributed by atoms with Gasteiger partial charge in [0.15, 0.2) is 16.6 Å². The lowest BCUT2D eigenvalue weighted by molar-refractivity contribution is 0.102. The molecule has 0 fully saturated rings. The van der Waals surface area contributed by atoms with Gasteiger partial charge < -0.3 is 9.47 Å². The second kappa shape index (κ2) is 8.34. The molecule has 8 nitrogen and oxygen atoms in total. The predicted molar refractivity (Wildman–Crippen MR) is 122 cm³/mol. The molecule has 168 valence electrons. The topological polar surface area (TPSA) is 107 Å². The summed E-state index contributed by atoms with van der Waals surface area (Å²) in [5, 5.41) is 3.16. The molecule has 1 amide bonds. The van der Waals surface area contributed by atoms with Crippen molar-refractivity contribution in [2.24, 2.45) is 0 Å². The van der Waals surface area contributed by atoms with Crippen molar-refractivity contribution < 1.29 is 27.1 Å². The Morgan fingerprint density at radius 2 is 1.64 bits per heavy atom. The molecule has 5 rings (SSSR count). The molecule has 2 heterocycles. The predicted octanol–water partition coefficient (Wildman–Crippen LogP) is 4.26. The molecule has 0 saturated carbocycles. The lowest BCUT2D eigenvalue weighted by Crippen LogP contribution is -2.15. The first-order valence-electron chi connectivity index (χ1n) is 9.77. The molecular formula is C22H16FN3O5S2. The Morgan fingerprint density at radius 1 is 0.970 bits per heavy atom. The highest BCUT2D eigenvalue weighted by Crippen LogP contribution is 2.37. The van der Waals surface area contributed by atoms with Gasteiger partial charge in [0.05, 0.1) is 15.1 Å². The van der Waals surface area contributed by atoms with Crippen LogP contribution in [-0.4, -0.2) is 32.5 Å². The number of benzene rings is 3. The Kier molecular flexibility index (Phi) is 5.35. The molecule has 0 bridgehead atoms. The van der Waals surface area contributed by atoms with Gasteiger partial charge in [0, 0.05) is 23.4 Å². The number of thiazole rings is 1. The van der Waals surface area contributed by atoms with E-state index in [1.165, 1.54) is 47.7 Å². The van der Waals surface area contributed by atoms with Gasteiger partial charge in [-0.25, -0.2) is 17.8 Å². The van der Waals surface area contributed by atoms with Gasteiger partial charge in [-0.1, -0.05) is 11.3 Å². The number of hydrogen-bond donors (Lipinski definition) is 2. The maximum absolute atomic E-state index is 13.0. The van der Waals surface area contributed by atoms with Gasteiger partial charge in [-0.3, -0.25) is 14.8 Å². The van der Waals surface area contributed by atoms with Gasteiger partial charge in [0.2, 0.25) is 0 Å². The van der Waals surface area contributed by atoms with Crippen LogP contribution >= 0.6 is 11.3 Å². The first kappa shape index (κ1) is 21.2. The van der Waals surface area contributed by atoms with Gasteiger partial charge in [-0.05, 0) is 48.5 Å². The van der Waals surface area contributed by atoms with Crippen LogP contribution in [0.3, 0.4) is 0 Å². The van der Waals surface area contributed by atoms with Crippen LogP contribution in [0.2, 0.25) is 0 Å². The van der Waals surface area contributed by atoms with Gasteiger partial charge in [-0.2, -0.15) is 0 Å². The third kappa shape index (κ3) is 4.45. The first-order chi connectivity index (χ1) is 15.9. The zero-order chi connectivity index (χ0) is 23.0. The van der Waals surface area contributed by atoms with Gasteiger partial charge >= 0.3 is 0 Å². The average molecular weight is 486 g/mol. The maximum Gasteiger partial charge on any atom is 0.261 e. The van der Waals surface area contributed by atoms with E-state index in [1.54, 1.807) is 6.07 Å². The van der Waals surface area contributed by atoms with Gasteiger partial charge in [-0.15, -0.1) is 0 Å². The summed E-state index contributed by atoms with van der Waals surface area (Å²) in [6.07, 6.45) is 0. The third-order valence-corrected chi connectivity index (χ3v) is 7.13. The Morgan fingerprint density at radius 3 is 2.33 bits per heavy atom. The highest BCUT2D eigenvalue weighted by molar-refractivity contribution is 7.92. The lowest BCUT2D eigenvalue weighted by Gasteiger charge is -2.17. The number of anilines is 2. The van der Waals surface area contributed by atoms with E-state index >= 15 is 0 Å². The van der Waals surface area contributed by atoms with Crippen molar-refractivity contribution in [1.82, 2.24) is 4.98 Å². The van der Waals surface area contributed by atoms with E-state index in [9.17, 15) is 17.6 Å². The zero-order valence-corrected chi connectivity index (χ0v) is 18.5. The highest BCUT2D eigenvalue weighted by Gasteiger charge is 2.17. The molecule has 0 unspecified atom stereocenters. The maximum atomic E-state index is 13.0. The normalized spacial score (nSPS) is 13.0. The highest BCUT2D eigenvalue weighted by atomic mass is 32.2. The Labute approximate surface area is 192 Å². The number of aromatic nitrogens is 1. The zero-order valence-electron chi connectivity index (χ0n) is 16.9. The quantitative estimate of drug-likeness (QED) is 0.438. The number of sulfonamides is 1. The molecule has 2 N–H and O–H groups in total. The summed E-state index contributed by atoms with van der Waals surface area (Å²) in [5.41, 5.74) is 1.27. The van der Waals surface area contributed by atoms with Crippen LogP contribution in [0.1, 0.15) is 10.4 Å². The van der Waals surface area contributed by atoms with Crippen molar-refractivity contribution in [1.29, 1.82) is 0 Å². The molecule has 0 atom stereocenters. The summed E-state index contributed by atoms with van der Waals surface area (Å²) in [5.74, 6) is 0.350. The number of ether oxygens (including phenoxy) is 2. The van der Waals surface area contributed by atoms with E-state index in [4.69, 9.17) is 9.47 Å². The van der Waals surface area contributed by atoms with Crippen LogP contribution in [0.15, 0.2) is 65.6 Å². The van der Waals surface area contributed by atoms with E-state index in [-0.39, 0.29) is 16.5 Å². The van der Waals surface area contributed by atoms with Crippen LogP contribution in [0.5, 0.6) is 11.5 Å². The number of amides is 1. The van der Waals surface area contributed by atoms with Crippen molar-refractivity contribution in [3.05, 3.63) is 72.0 Å². The van der Waals surface area contributed by atoms with Crippen molar-refractivity contribution >= 4 is 48.3 Å².